The second-order valence-electron chi connectivity index (χ2n) is 7.95. The molecule has 0 spiro atoms. The van der Waals surface area contributed by atoms with Crippen molar-refractivity contribution in [3.63, 3.8) is 0 Å². The molecule has 1 unspecified atom stereocenters. The molecular formula is C21H28ClN3O3. The standard InChI is InChI=1S/C21H28ClN3O3/c1-14(2)18(23-19(26)16-8-3-4-9-17(16)22)21(28)25-12-10-24(11-13-25)20(27)15-6-5-7-15/h3-4,8-9,14-15,18H,5-7,10-13H2,1-2H3,(H,23,26). The van der Waals surface area contributed by atoms with Crippen LogP contribution in [-0.4, -0.2) is 59.7 Å². The van der Waals surface area contributed by atoms with Crippen LogP contribution in [0.2, 0.25) is 5.02 Å². The normalized spacial score (nSPS) is 18.6. The monoisotopic (exact) mass is 405 g/mol. The summed E-state index contributed by atoms with van der Waals surface area (Å²) in [5.74, 6) is -0.109. The molecule has 1 atom stereocenters. The van der Waals surface area contributed by atoms with E-state index in [0.29, 0.717) is 36.8 Å². The Kier molecular flexibility index (Phi) is 6.60. The number of amides is 3. The highest BCUT2D eigenvalue weighted by Gasteiger charge is 2.34. The molecular weight excluding hydrogens is 378 g/mol. The Labute approximate surface area is 171 Å². The molecule has 2 fully saturated rings. The van der Waals surface area contributed by atoms with Gasteiger partial charge < -0.3 is 15.1 Å². The van der Waals surface area contributed by atoms with Crippen molar-refractivity contribution < 1.29 is 14.4 Å². The van der Waals surface area contributed by atoms with Crippen molar-refractivity contribution in [2.45, 2.75) is 39.2 Å². The molecule has 28 heavy (non-hydrogen) atoms. The van der Waals surface area contributed by atoms with Gasteiger partial charge >= 0.3 is 0 Å². The number of hydrogen-bond acceptors (Lipinski definition) is 3. The van der Waals surface area contributed by atoms with E-state index in [2.05, 4.69) is 5.32 Å². The van der Waals surface area contributed by atoms with Crippen LogP contribution in [0, 0.1) is 11.8 Å². The molecule has 1 aliphatic heterocycles. The summed E-state index contributed by atoms with van der Waals surface area (Å²) < 4.78 is 0. The molecule has 0 radical (unpaired) electrons. The first-order valence-electron chi connectivity index (χ1n) is 10.0. The number of piperazine rings is 1. The van der Waals surface area contributed by atoms with Gasteiger partial charge in [-0.2, -0.15) is 0 Å². The maximum absolute atomic E-state index is 13.0. The van der Waals surface area contributed by atoms with Crippen LogP contribution in [-0.2, 0) is 9.59 Å². The van der Waals surface area contributed by atoms with Gasteiger partial charge in [-0.15, -0.1) is 0 Å². The number of rotatable bonds is 5. The van der Waals surface area contributed by atoms with E-state index in [0.717, 1.165) is 19.3 Å². The first-order chi connectivity index (χ1) is 13.4. The van der Waals surface area contributed by atoms with Gasteiger partial charge in [0.05, 0.1) is 10.6 Å². The summed E-state index contributed by atoms with van der Waals surface area (Å²) in [6.07, 6.45) is 3.11. The Balaban J connectivity index is 1.60. The number of carbonyl (C=O) groups excluding carboxylic acids is 3. The van der Waals surface area contributed by atoms with E-state index < -0.39 is 6.04 Å². The first-order valence-corrected chi connectivity index (χ1v) is 10.4. The molecule has 0 bridgehead atoms. The minimum absolute atomic E-state index is 0.0615. The molecule has 152 valence electrons. The van der Waals surface area contributed by atoms with Gasteiger partial charge in [0, 0.05) is 32.1 Å². The highest BCUT2D eigenvalue weighted by molar-refractivity contribution is 6.33. The Morgan fingerprint density at radius 2 is 1.64 bits per heavy atom. The van der Waals surface area contributed by atoms with Crippen LogP contribution in [0.4, 0.5) is 0 Å². The topological polar surface area (TPSA) is 69.7 Å². The van der Waals surface area contributed by atoms with Crippen molar-refractivity contribution in [2.75, 3.05) is 26.2 Å². The maximum atomic E-state index is 13.0. The van der Waals surface area contributed by atoms with E-state index in [-0.39, 0.29) is 29.6 Å². The Bertz CT molecular complexity index is 740. The summed E-state index contributed by atoms with van der Waals surface area (Å²) in [7, 11) is 0. The molecule has 7 heteroatoms. The summed E-state index contributed by atoms with van der Waals surface area (Å²) in [6.45, 7) is 5.94. The Morgan fingerprint density at radius 3 is 2.18 bits per heavy atom. The lowest BCUT2D eigenvalue weighted by Crippen LogP contribution is -2.57. The fourth-order valence-electron chi connectivity index (χ4n) is 3.64. The summed E-state index contributed by atoms with van der Waals surface area (Å²) in [6, 6.07) is 6.17. The van der Waals surface area contributed by atoms with Crippen molar-refractivity contribution in [3.05, 3.63) is 34.9 Å². The van der Waals surface area contributed by atoms with Gasteiger partial charge in [-0.3, -0.25) is 14.4 Å². The van der Waals surface area contributed by atoms with Crippen LogP contribution in [0.3, 0.4) is 0 Å². The molecule has 1 aromatic rings. The van der Waals surface area contributed by atoms with Gasteiger partial charge in [-0.05, 0) is 30.9 Å². The summed E-state index contributed by atoms with van der Waals surface area (Å²) >= 11 is 6.10. The van der Waals surface area contributed by atoms with Gasteiger partial charge in [0.2, 0.25) is 11.8 Å². The molecule has 0 aromatic heterocycles. The molecule has 1 aliphatic carbocycles. The summed E-state index contributed by atoms with van der Waals surface area (Å²) in [5.41, 5.74) is 0.360. The van der Waals surface area contributed by atoms with Gasteiger partial charge in [-0.1, -0.05) is 44.0 Å². The number of benzene rings is 1. The van der Waals surface area contributed by atoms with E-state index in [1.165, 1.54) is 0 Å². The number of halogens is 1. The van der Waals surface area contributed by atoms with Gasteiger partial charge in [0.1, 0.15) is 6.04 Å². The average Bonchev–Trinajstić information content (AvgIpc) is 2.64. The largest absolute Gasteiger partial charge is 0.340 e. The highest BCUT2D eigenvalue weighted by atomic mass is 35.5. The van der Waals surface area contributed by atoms with Crippen LogP contribution >= 0.6 is 11.6 Å². The number of nitrogens with one attached hydrogen (secondary N) is 1. The third-order valence-electron chi connectivity index (χ3n) is 5.70. The van der Waals surface area contributed by atoms with Gasteiger partial charge in [0.25, 0.3) is 5.91 Å². The first kappa shape index (κ1) is 20.6. The maximum Gasteiger partial charge on any atom is 0.253 e. The lowest BCUT2D eigenvalue weighted by molar-refractivity contribution is -0.145. The van der Waals surface area contributed by atoms with Gasteiger partial charge in [0.15, 0.2) is 0 Å². The van der Waals surface area contributed by atoms with E-state index in [1.54, 1.807) is 29.2 Å². The third kappa shape index (κ3) is 4.49. The fraction of sp³-hybridized carbons (Fsp3) is 0.571. The Hall–Kier alpha value is -2.08. The molecule has 1 heterocycles. The zero-order valence-electron chi connectivity index (χ0n) is 16.5. The van der Waals surface area contributed by atoms with Crippen molar-refractivity contribution >= 4 is 29.3 Å². The van der Waals surface area contributed by atoms with Crippen LogP contribution in [0.1, 0.15) is 43.5 Å². The van der Waals surface area contributed by atoms with E-state index >= 15 is 0 Å². The second kappa shape index (κ2) is 8.95. The van der Waals surface area contributed by atoms with Crippen LogP contribution in [0.15, 0.2) is 24.3 Å². The van der Waals surface area contributed by atoms with Gasteiger partial charge in [-0.25, -0.2) is 0 Å². The van der Waals surface area contributed by atoms with Crippen LogP contribution in [0.25, 0.3) is 0 Å². The van der Waals surface area contributed by atoms with E-state index in [4.69, 9.17) is 11.6 Å². The van der Waals surface area contributed by atoms with E-state index in [1.807, 2.05) is 18.7 Å². The Morgan fingerprint density at radius 1 is 1.04 bits per heavy atom. The molecule has 6 nitrogen and oxygen atoms in total. The number of nitrogens with zero attached hydrogens (tertiary/aromatic N) is 2. The van der Waals surface area contributed by atoms with Crippen LogP contribution in [0.5, 0.6) is 0 Å². The van der Waals surface area contributed by atoms with Crippen molar-refractivity contribution in [1.29, 1.82) is 0 Å². The molecule has 3 rings (SSSR count). The predicted octanol–water partition coefficient (Wildman–Crippen LogP) is 2.57. The lowest BCUT2D eigenvalue weighted by atomic mass is 9.84. The number of hydrogen-bond donors (Lipinski definition) is 1. The minimum Gasteiger partial charge on any atom is -0.340 e. The van der Waals surface area contributed by atoms with Crippen molar-refractivity contribution in [3.8, 4) is 0 Å². The molecule has 3 amide bonds. The summed E-state index contributed by atoms with van der Waals surface area (Å²) in [5, 5.41) is 3.21. The average molecular weight is 406 g/mol. The SMILES string of the molecule is CC(C)C(NC(=O)c1ccccc1Cl)C(=O)N1CCN(C(=O)C2CCC2)CC1. The third-order valence-corrected chi connectivity index (χ3v) is 6.02. The van der Waals surface area contributed by atoms with E-state index in [9.17, 15) is 14.4 Å². The molecule has 1 saturated heterocycles. The molecule has 1 saturated carbocycles. The molecule has 2 aliphatic rings. The van der Waals surface area contributed by atoms with Crippen LogP contribution < -0.4 is 5.32 Å². The summed E-state index contributed by atoms with van der Waals surface area (Å²) in [4.78, 5) is 41.7. The highest BCUT2D eigenvalue weighted by Crippen LogP contribution is 2.28. The zero-order chi connectivity index (χ0) is 20.3. The van der Waals surface area contributed by atoms with Crippen molar-refractivity contribution in [1.82, 2.24) is 15.1 Å². The molecule has 1 N–H and O–H groups in total. The lowest BCUT2D eigenvalue weighted by Gasteiger charge is -2.39. The van der Waals surface area contributed by atoms with Crippen molar-refractivity contribution in [2.24, 2.45) is 11.8 Å². The second-order valence-corrected chi connectivity index (χ2v) is 8.36. The number of carbonyl (C=O) groups is 3. The predicted molar refractivity (Wildman–Crippen MR) is 108 cm³/mol. The zero-order valence-corrected chi connectivity index (χ0v) is 17.2. The fourth-order valence-corrected chi connectivity index (χ4v) is 3.86. The minimum atomic E-state index is -0.627. The molecule has 1 aromatic carbocycles. The smallest absolute Gasteiger partial charge is 0.253 e. The quantitative estimate of drug-likeness (QED) is 0.818.